The van der Waals surface area contributed by atoms with E-state index in [1.54, 1.807) is 0 Å². The molecule has 1 rings (SSSR count). The normalized spacial score (nSPS) is 19.9. The van der Waals surface area contributed by atoms with Gasteiger partial charge in [0, 0.05) is 12.8 Å². The molecule has 0 aromatic heterocycles. The van der Waals surface area contributed by atoms with Crippen molar-refractivity contribution < 1.29 is 19.1 Å². The average Bonchev–Trinajstić information content (AvgIpc) is 2.66. The first-order valence-corrected chi connectivity index (χ1v) is 11.0. The minimum Gasteiger partial charge on any atom is -0.465 e. The third kappa shape index (κ3) is 10.8. The summed E-state index contributed by atoms with van der Waals surface area (Å²) in [7, 11) is 0. The van der Waals surface area contributed by atoms with Gasteiger partial charge in [-0.2, -0.15) is 0 Å². The van der Waals surface area contributed by atoms with Crippen molar-refractivity contribution in [2.24, 2.45) is 11.8 Å². The van der Waals surface area contributed by atoms with Gasteiger partial charge in [-0.05, 0) is 37.5 Å². The number of hydrogen-bond acceptors (Lipinski definition) is 4. The molecule has 2 atom stereocenters. The van der Waals surface area contributed by atoms with Crippen molar-refractivity contribution in [3.63, 3.8) is 0 Å². The molecule has 0 heterocycles. The zero-order valence-corrected chi connectivity index (χ0v) is 17.1. The van der Waals surface area contributed by atoms with Gasteiger partial charge in [-0.25, -0.2) is 0 Å². The molecule has 0 bridgehead atoms. The van der Waals surface area contributed by atoms with E-state index in [0.29, 0.717) is 37.9 Å². The van der Waals surface area contributed by atoms with E-state index in [9.17, 15) is 9.59 Å². The molecular formula is C22H40O4. The second kappa shape index (κ2) is 15.0. The summed E-state index contributed by atoms with van der Waals surface area (Å²) >= 11 is 0. The van der Waals surface area contributed by atoms with Gasteiger partial charge in [-0.15, -0.1) is 0 Å². The Morgan fingerprint density at radius 3 is 1.50 bits per heavy atom. The average molecular weight is 369 g/mol. The second-order valence-corrected chi connectivity index (χ2v) is 7.79. The van der Waals surface area contributed by atoms with Crippen molar-refractivity contribution in [1.82, 2.24) is 0 Å². The van der Waals surface area contributed by atoms with Crippen LogP contribution in [0.2, 0.25) is 0 Å². The Balaban J connectivity index is 2.22. The highest BCUT2D eigenvalue weighted by molar-refractivity contribution is 5.69. The Morgan fingerprint density at radius 1 is 0.692 bits per heavy atom. The highest BCUT2D eigenvalue weighted by atomic mass is 16.5. The molecule has 0 radical (unpaired) electrons. The van der Waals surface area contributed by atoms with Gasteiger partial charge in [0.15, 0.2) is 0 Å². The molecule has 0 spiro atoms. The van der Waals surface area contributed by atoms with Crippen LogP contribution in [0.15, 0.2) is 0 Å². The fraction of sp³-hybridized carbons (Fsp3) is 0.909. The van der Waals surface area contributed by atoms with Crippen molar-refractivity contribution in [3.05, 3.63) is 0 Å². The summed E-state index contributed by atoms with van der Waals surface area (Å²) in [6.07, 6.45) is 14.3. The van der Waals surface area contributed by atoms with Crippen LogP contribution in [-0.4, -0.2) is 25.2 Å². The first kappa shape index (κ1) is 23.0. The largest absolute Gasteiger partial charge is 0.465 e. The van der Waals surface area contributed by atoms with E-state index in [-0.39, 0.29) is 11.9 Å². The van der Waals surface area contributed by atoms with E-state index in [4.69, 9.17) is 9.47 Å². The molecule has 4 heteroatoms. The van der Waals surface area contributed by atoms with Crippen LogP contribution in [0.3, 0.4) is 0 Å². The van der Waals surface area contributed by atoms with E-state index in [1.165, 1.54) is 38.5 Å². The monoisotopic (exact) mass is 368 g/mol. The number of esters is 2. The summed E-state index contributed by atoms with van der Waals surface area (Å²) in [5.41, 5.74) is 0. The number of unbranched alkanes of at least 4 members (excludes halogenated alkanes) is 6. The van der Waals surface area contributed by atoms with E-state index < -0.39 is 0 Å². The smallest absolute Gasteiger partial charge is 0.305 e. The van der Waals surface area contributed by atoms with Crippen LogP contribution >= 0.6 is 0 Å². The zero-order chi connectivity index (χ0) is 19.0. The molecule has 1 fully saturated rings. The van der Waals surface area contributed by atoms with Crippen LogP contribution < -0.4 is 0 Å². The van der Waals surface area contributed by atoms with E-state index in [0.717, 1.165) is 38.5 Å². The lowest BCUT2D eigenvalue weighted by molar-refractivity contribution is -0.150. The lowest BCUT2D eigenvalue weighted by atomic mass is 9.80. The molecule has 1 aliphatic carbocycles. The summed E-state index contributed by atoms with van der Waals surface area (Å²) in [6.45, 7) is 5.32. The molecule has 1 aliphatic rings. The van der Waals surface area contributed by atoms with Crippen molar-refractivity contribution in [2.45, 2.75) is 104 Å². The molecule has 4 nitrogen and oxygen atoms in total. The SMILES string of the molecule is CCCCCCC(=O)OCC1CCCCC1COC(=O)CCCCCC. The third-order valence-electron chi connectivity index (χ3n) is 5.45. The molecule has 0 aliphatic heterocycles. The Labute approximate surface area is 160 Å². The zero-order valence-electron chi connectivity index (χ0n) is 17.1. The topological polar surface area (TPSA) is 52.6 Å². The Kier molecular flexibility index (Phi) is 13.3. The molecule has 1 saturated carbocycles. The van der Waals surface area contributed by atoms with Crippen LogP contribution in [0.25, 0.3) is 0 Å². The molecule has 26 heavy (non-hydrogen) atoms. The number of carbonyl (C=O) groups excluding carboxylic acids is 2. The summed E-state index contributed by atoms with van der Waals surface area (Å²) in [4.78, 5) is 23.8. The number of rotatable bonds is 14. The molecule has 2 unspecified atom stereocenters. The predicted molar refractivity (Wildman–Crippen MR) is 105 cm³/mol. The quantitative estimate of drug-likeness (QED) is 0.286. The van der Waals surface area contributed by atoms with Crippen molar-refractivity contribution in [2.75, 3.05) is 13.2 Å². The molecule has 0 aromatic rings. The fourth-order valence-corrected chi connectivity index (χ4v) is 3.66. The third-order valence-corrected chi connectivity index (χ3v) is 5.45. The maximum absolute atomic E-state index is 11.9. The van der Waals surface area contributed by atoms with Gasteiger partial charge in [0.25, 0.3) is 0 Å². The molecule has 0 saturated heterocycles. The summed E-state index contributed by atoms with van der Waals surface area (Å²) < 4.78 is 11.0. The standard InChI is InChI=1S/C22H40O4/c1-3-5-7-9-15-21(23)25-17-19-13-11-12-14-20(19)18-26-22(24)16-10-8-6-4-2/h19-20H,3-18H2,1-2H3. The van der Waals surface area contributed by atoms with Gasteiger partial charge in [0.1, 0.15) is 0 Å². The van der Waals surface area contributed by atoms with Gasteiger partial charge >= 0.3 is 11.9 Å². The van der Waals surface area contributed by atoms with E-state index in [2.05, 4.69) is 13.8 Å². The summed E-state index contributed by atoms with van der Waals surface area (Å²) in [6, 6.07) is 0. The first-order valence-electron chi connectivity index (χ1n) is 11.0. The van der Waals surface area contributed by atoms with Crippen LogP contribution in [0.5, 0.6) is 0 Å². The first-order chi connectivity index (χ1) is 12.7. The fourth-order valence-electron chi connectivity index (χ4n) is 3.66. The Bertz CT molecular complexity index is 344. The summed E-state index contributed by atoms with van der Waals surface area (Å²) in [5, 5.41) is 0. The molecule has 0 N–H and O–H groups in total. The Morgan fingerprint density at radius 2 is 1.12 bits per heavy atom. The highest BCUT2D eigenvalue weighted by Gasteiger charge is 2.27. The van der Waals surface area contributed by atoms with E-state index >= 15 is 0 Å². The lowest BCUT2D eigenvalue weighted by Crippen LogP contribution is -2.29. The minimum atomic E-state index is -0.0710. The molecule has 0 aromatic carbocycles. The lowest BCUT2D eigenvalue weighted by Gasteiger charge is -2.30. The second-order valence-electron chi connectivity index (χ2n) is 7.79. The van der Waals surface area contributed by atoms with Gasteiger partial charge in [0.05, 0.1) is 13.2 Å². The molecular weight excluding hydrogens is 328 g/mol. The van der Waals surface area contributed by atoms with E-state index in [1.807, 2.05) is 0 Å². The van der Waals surface area contributed by atoms with Crippen molar-refractivity contribution >= 4 is 11.9 Å². The number of ether oxygens (including phenoxy) is 2. The van der Waals surface area contributed by atoms with Gasteiger partial charge in [-0.3, -0.25) is 9.59 Å². The number of carbonyl (C=O) groups is 2. The van der Waals surface area contributed by atoms with Gasteiger partial charge < -0.3 is 9.47 Å². The van der Waals surface area contributed by atoms with Crippen molar-refractivity contribution in [3.8, 4) is 0 Å². The number of hydrogen-bond donors (Lipinski definition) is 0. The van der Waals surface area contributed by atoms with Crippen LogP contribution in [0.4, 0.5) is 0 Å². The van der Waals surface area contributed by atoms with Crippen LogP contribution in [-0.2, 0) is 19.1 Å². The van der Waals surface area contributed by atoms with Gasteiger partial charge in [-0.1, -0.05) is 65.2 Å². The van der Waals surface area contributed by atoms with Crippen LogP contribution in [0.1, 0.15) is 104 Å². The maximum Gasteiger partial charge on any atom is 0.305 e. The molecule has 152 valence electrons. The van der Waals surface area contributed by atoms with Crippen molar-refractivity contribution in [1.29, 1.82) is 0 Å². The Hall–Kier alpha value is -1.06. The molecule has 0 amide bonds. The van der Waals surface area contributed by atoms with Crippen LogP contribution in [0, 0.1) is 11.8 Å². The maximum atomic E-state index is 11.9. The minimum absolute atomic E-state index is 0.0710. The predicted octanol–water partition coefficient (Wildman–Crippen LogP) is 5.82. The summed E-state index contributed by atoms with van der Waals surface area (Å²) in [5.74, 6) is 0.546. The highest BCUT2D eigenvalue weighted by Crippen LogP contribution is 2.30. The van der Waals surface area contributed by atoms with Gasteiger partial charge in [0.2, 0.25) is 0 Å².